The van der Waals surface area contributed by atoms with Crippen LogP contribution in [0.4, 0.5) is 0 Å². The molecule has 1 atom stereocenters. The molecule has 1 spiro atoms. The summed E-state index contributed by atoms with van der Waals surface area (Å²) in [7, 11) is 0. The number of rotatable bonds is 1. The third-order valence-corrected chi connectivity index (χ3v) is 3.33. The summed E-state index contributed by atoms with van der Waals surface area (Å²) in [6.45, 7) is 0. The smallest absolute Gasteiger partial charge is 0.312 e. The van der Waals surface area contributed by atoms with E-state index in [1.54, 1.807) is 0 Å². The number of cyclic esters (lactones) is 1. The highest BCUT2D eigenvalue weighted by molar-refractivity contribution is 14.1. The van der Waals surface area contributed by atoms with Gasteiger partial charge in [-0.25, -0.2) is 0 Å². The number of ether oxygens (including phenoxy) is 1. The SMILES string of the molecule is O=C1OC(CI)CC12CC2. The first-order valence-corrected chi connectivity index (χ1v) is 5.06. The molecule has 1 saturated heterocycles. The van der Waals surface area contributed by atoms with E-state index in [0.717, 1.165) is 23.7 Å². The zero-order valence-electron chi connectivity index (χ0n) is 5.60. The predicted molar refractivity (Wildman–Crippen MR) is 45.1 cm³/mol. The van der Waals surface area contributed by atoms with E-state index in [-0.39, 0.29) is 17.5 Å². The molecule has 3 heteroatoms. The lowest BCUT2D eigenvalue weighted by molar-refractivity contribution is -0.144. The van der Waals surface area contributed by atoms with Crippen LogP contribution in [-0.4, -0.2) is 16.5 Å². The Morgan fingerprint density at radius 2 is 2.40 bits per heavy atom. The molecule has 2 fully saturated rings. The minimum Gasteiger partial charge on any atom is -0.461 e. The molecule has 1 saturated carbocycles. The maximum atomic E-state index is 11.1. The Labute approximate surface area is 73.5 Å². The van der Waals surface area contributed by atoms with Crippen LogP contribution in [0.2, 0.25) is 0 Å². The van der Waals surface area contributed by atoms with E-state index in [9.17, 15) is 4.79 Å². The largest absolute Gasteiger partial charge is 0.461 e. The van der Waals surface area contributed by atoms with Crippen LogP contribution < -0.4 is 0 Å². The molecular weight excluding hydrogens is 243 g/mol. The van der Waals surface area contributed by atoms with Gasteiger partial charge >= 0.3 is 5.97 Å². The highest BCUT2D eigenvalue weighted by Gasteiger charge is 2.57. The Morgan fingerprint density at radius 1 is 1.70 bits per heavy atom. The molecule has 0 aromatic heterocycles. The van der Waals surface area contributed by atoms with Crippen molar-refractivity contribution >= 4 is 28.6 Å². The van der Waals surface area contributed by atoms with E-state index in [4.69, 9.17) is 4.74 Å². The van der Waals surface area contributed by atoms with E-state index in [2.05, 4.69) is 22.6 Å². The molecule has 1 unspecified atom stereocenters. The predicted octanol–water partition coefficient (Wildman–Crippen LogP) is 1.52. The minimum absolute atomic E-state index is 0.00976. The number of hydrogen-bond donors (Lipinski definition) is 0. The van der Waals surface area contributed by atoms with Gasteiger partial charge in [0.15, 0.2) is 0 Å². The van der Waals surface area contributed by atoms with Crippen molar-refractivity contribution in [3.05, 3.63) is 0 Å². The van der Waals surface area contributed by atoms with Gasteiger partial charge in [0.1, 0.15) is 6.10 Å². The van der Waals surface area contributed by atoms with E-state index >= 15 is 0 Å². The van der Waals surface area contributed by atoms with Crippen LogP contribution in [0.15, 0.2) is 0 Å². The molecule has 2 nitrogen and oxygen atoms in total. The van der Waals surface area contributed by atoms with Crippen molar-refractivity contribution in [2.45, 2.75) is 25.4 Å². The molecule has 0 amide bonds. The van der Waals surface area contributed by atoms with Crippen molar-refractivity contribution < 1.29 is 9.53 Å². The molecule has 2 rings (SSSR count). The zero-order chi connectivity index (χ0) is 7.19. The van der Waals surface area contributed by atoms with Crippen molar-refractivity contribution in [1.29, 1.82) is 0 Å². The zero-order valence-corrected chi connectivity index (χ0v) is 7.76. The van der Waals surface area contributed by atoms with Gasteiger partial charge in [-0.1, -0.05) is 22.6 Å². The monoisotopic (exact) mass is 252 g/mol. The Morgan fingerprint density at radius 3 is 2.70 bits per heavy atom. The Balaban J connectivity index is 2.08. The number of halogens is 1. The summed E-state index contributed by atoms with van der Waals surface area (Å²) in [4.78, 5) is 11.1. The third-order valence-electron chi connectivity index (χ3n) is 2.35. The third kappa shape index (κ3) is 0.863. The summed E-state index contributed by atoms with van der Waals surface area (Å²) in [6, 6.07) is 0. The summed E-state index contributed by atoms with van der Waals surface area (Å²) in [5.41, 5.74) is 0.00976. The number of carbonyl (C=O) groups excluding carboxylic acids is 1. The van der Waals surface area contributed by atoms with Crippen LogP contribution in [0.25, 0.3) is 0 Å². The van der Waals surface area contributed by atoms with E-state index in [1.165, 1.54) is 0 Å². The number of esters is 1. The molecule has 10 heavy (non-hydrogen) atoms. The average Bonchev–Trinajstić information content (AvgIpc) is 2.60. The van der Waals surface area contributed by atoms with Gasteiger partial charge in [-0.15, -0.1) is 0 Å². The Kier molecular flexibility index (Phi) is 1.44. The standard InChI is InChI=1S/C7H9IO2/c8-4-5-3-7(1-2-7)6(9)10-5/h5H,1-4H2. The lowest BCUT2D eigenvalue weighted by Gasteiger charge is -2.00. The van der Waals surface area contributed by atoms with Crippen LogP contribution >= 0.6 is 22.6 Å². The van der Waals surface area contributed by atoms with Gasteiger partial charge in [-0.2, -0.15) is 0 Å². The second kappa shape index (κ2) is 2.09. The first-order chi connectivity index (χ1) is 4.77. The maximum Gasteiger partial charge on any atom is 0.312 e. The van der Waals surface area contributed by atoms with Crippen molar-refractivity contribution in [2.75, 3.05) is 4.43 Å². The number of alkyl halides is 1. The minimum atomic E-state index is 0.00976. The second-order valence-electron chi connectivity index (χ2n) is 3.17. The van der Waals surface area contributed by atoms with E-state index < -0.39 is 0 Å². The quantitative estimate of drug-likeness (QED) is 0.401. The molecule has 0 aromatic rings. The number of hydrogen-bond acceptors (Lipinski definition) is 2. The fraction of sp³-hybridized carbons (Fsp3) is 0.857. The topological polar surface area (TPSA) is 26.3 Å². The van der Waals surface area contributed by atoms with Crippen molar-refractivity contribution in [3.63, 3.8) is 0 Å². The summed E-state index contributed by atoms with van der Waals surface area (Å²) in [5, 5.41) is 0. The first kappa shape index (κ1) is 6.88. The highest BCUT2D eigenvalue weighted by atomic mass is 127. The molecule has 0 aromatic carbocycles. The molecule has 0 bridgehead atoms. The molecular formula is C7H9IO2. The average molecular weight is 252 g/mol. The van der Waals surface area contributed by atoms with Crippen LogP contribution in [0.5, 0.6) is 0 Å². The highest BCUT2D eigenvalue weighted by Crippen LogP contribution is 2.54. The first-order valence-electron chi connectivity index (χ1n) is 3.54. The van der Waals surface area contributed by atoms with E-state index in [0.29, 0.717) is 0 Å². The lowest BCUT2D eigenvalue weighted by Crippen LogP contribution is -2.07. The van der Waals surface area contributed by atoms with Gasteiger partial charge in [-0.3, -0.25) is 4.79 Å². The van der Waals surface area contributed by atoms with Gasteiger partial charge in [-0.05, 0) is 12.8 Å². The normalized spacial score (nSPS) is 34.5. The molecule has 2 aliphatic rings. The van der Waals surface area contributed by atoms with Crippen LogP contribution in [-0.2, 0) is 9.53 Å². The van der Waals surface area contributed by atoms with Crippen LogP contribution in [0, 0.1) is 5.41 Å². The molecule has 1 heterocycles. The molecule has 0 radical (unpaired) electrons. The fourth-order valence-electron chi connectivity index (χ4n) is 1.48. The summed E-state index contributed by atoms with van der Waals surface area (Å²) in [6.07, 6.45) is 3.34. The van der Waals surface area contributed by atoms with E-state index in [1.807, 2.05) is 0 Å². The van der Waals surface area contributed by atoms with Crippen molar-refractivity contribution in [2.24, 2.45) is 5.41 Å². The number of carbonyl (C=O) groups is 1. The summed E-state index contributed by atoms with van der Waals surface area (Å²) >= 11 is 2.27. The lowest BCUT2D eigenvalue weighted by atomic mass is 10.0. The van der Waals surface area contributed by atoms with Crippen molar-refractivity contribution in [1.82, 2.24) is 0 Å². The van der Waals surface area contributed by atoms with Gasteiger partial charge < -0.3 is 4.74 Å². The maximum absolute atomic E-state index is 11.1. The summed E-state index contributed by atoms with van der Waals surface area (Å²) < 4.78 is 6.09. The Hall–Kier alpha value is 0.200. The van der Waals surface area contributed by atoms with Crippen LogP contribution in [0.1, 0.15) is 19.3 Å². The van der Waals surface area contributed by atoms with Gasteiger partial charge in [0.25, 0.3) is 0 Å². The fourth-order valence-corrected chi connectivity index (χ4v) is 1.97. The van der Waals surface area contributed by atoms with Crippen LogP contribution in [0.3, 0.4) is 0 Å². The van der Waals surface area contributed by atoms with Gasteiger partial charge in [0.2, 0.25) is 0 Å². The van der Waals surface area contributed by atoms with Crippen molar-refractivity contribution in [3.8, 4) is 0 Å². The molecule has 0 N–H and O–H groups in total. The molecule has 1 aliphatic heterocycles. The summed E-state index contributed by atoms with van der Waals surface area (Å²) in [5.74, 6) is 0.0640. The Bertz CT molecular complexity index is 174. The second-order valence-corrected chi connectivity index (χ2v) is 4.05. The van der Waals surface area contributed by atoms with Gasteiger partial charge in [0, 0.05) is 10.8 Å². The molecule has 1 aliphatic carbocycles. The molecule has 56 valence electrons. The van der Waals surface area contributed by atoms with Gasteiger partial charge in [0.05, 0.1) is 5.41 Å².